The molecule has 3 N–H and O–H groups in total. The number of anilines is 2. The van der Waals surface area contributed by atoms with Crippen molar-refractivity contribution in [2.24, 2.45) is 5.92 Å². The minimum atomic E-state index is -4.68. The highest BCUT2D eigenvalue weighted by atomic mass is 32.2. The number of fused-ring (bicyclic) bond motifs is 1. The van der Waals surface area contributed by atoms with Crippen LogP contribution in [0.25, 0.3) is 22.0 Å². The number of benzene rings is 2. The Morgan fingerprint density at radius 3 is 2.60 bits per heavy atom. The molecule has 0 saturated carbocycles. The molecule has 2 atom stereocenters. The van der Waals surface area contributed by atoms with E-state index >= 15 is 0 Å². The lowest BCUT2D eigenvalue weighted by molar-refractivity contribution is -0.129. The van der Waals surface area contributed by atoms with Crippen LogP contribution in [0.1, 0.15) is 25.3 Å². The number of nitrogens with zero attached hydrogens (tertiary/aromatic N) is 3. The highest BCUT2D eigenvalue weighted by Gasteiger charge is 2.30. The van der Waals surface area contributed by atoms with E-state index in [1.165, 1.54) is 18.3 Å². The van der Waals surface area contributed by atoms with E-state index in [-0.39, 0.29) is 23.1 Å². The Bertz CT molecular complexity index is 1740. The monoisotopic (exact) mass is 618 g/mol. The van der Waals surface area contributed by atoms with Crippen molar-refractivity contribution in [3.63, 3.8) is 0 Å². The summed E-state index contributed by atoms with van der Waals surface area (Å²) >= 11 is 0. The fourth-order valence-corrected chi connectivity index (χ4v) is 6.07. The van der Waals surface area contributed by atoms with Crippen LogP contribution in [-0.2, 0) is 10.0 Å². The largest absolute Gasteiger partial charge is 0.437 e. The van der Waals surface area contributed by atoms with E-state index in [0.29, 0.717) is 34.1 Å². The number of rotatable bonds is 9. The van der Waals surface area contributed by atoms with Crippen LogP contribution in [0.4, 0.5) is 29.2 Å². The second kappa shape index (κ2) is 12.3. The Balaban J connectivity index is 1.47. The van der Waals surface area contributed by atoms with Gasteiger partial charge in [-0.1, -0.05) is 19.1 Å². The molecule has 1 fully saturated rings. The molecule has 2 aromatic heterocycles. The van der Waals surface area contributed by atoms with Gasteiger partial charge in [-0.05, 0) is 61.7 Å². The van der Waals surface area contributed by atoms with Crippen LogP contribution in [0, 0.1) is 18.7 Å². The molecule has 0 bridgehead atoms. The Morgan fingerprint density at radius 1 is 1.05 bits per heavy atom. The van der Waals surface area contributed by atoms with Gasteiger partial charge < -0.3 is 15.4 Å². The first-order valence-electron chi connectivity index (χ1n) is 13.6. The summed E-state index contributed by atoms with van der Waals surface area (Å²) in [5.41, 5.74) is 1.25. The summed E-state index contributed by atoms with van der Waals surface area (Å²) in [5, 5.41) is 7.19. The SMILES string of the molecule is Cc1ccc2c(NS(=O)(=O)CCC(F)(F)F)c(F)ccc2c1Oc1ncccc1-c1ccnc(N[C@@H]2CNC[C@H](C)C2)n1. The average molecular weight is 619 g/mol. The molecule has 0 spiro atoms. The molecule has 14 heteroatoms. The van der Waals surface area contributed by atoms with Crippen LogP contribution in [0.2, 0.25) is 0 Å². The van der Waals surface area contributed by atoms with E-state index in [2.05, 4.69) is 32.5 Å². The van der Waals surface area contributed by atoms with E-state index in [1.807, 2.05) is 4.72 Å². The molecule has 228 valence electrons. The summed E-state index contributed by atoms with van der Waals surface area (Å²) < 4.78 is 85.9. The number of hydrogen-bond acceptors (Lipinski definition) is 8. The Hall–Kier alpha value is -4.04. The number of nitrogens with one attached hydrogen (secondary N) is 3. The molecule has 3 heterocycles. The zero-order valence-corrected chi connectivity index (χ0v) is 24.2. The van der Waals surface area contributed by atoms with E-state index in [4.69, 9.17) is 4.74 Å². The van der Waals surface area contributed by atoms with Crippen molar-refractivity contribution in [3.05, 3.63) is 66.2 Å². The lowest BCUT2D eigenvalue weighted by atomic mass is 9.98. The Kier molecular flexibility index (Phi) is 8.69. The molecule has 0 unspecified atom stereocenters. The van der Waals surface area contributed by atoms with Crippen LogP contribution in [0.15, 0.2) is 54.9 Å². The number of hydrogen-bond donors (Lipinski definition) is 3. The number of aryl methyl sites for hydroxylation is 1. The normalized spacial score (nSPS) is 17.5. The van der Waals surface area contributed by atoms with Crippen molar-refractivity contribution in [1.82, 2.24) is 20.3 Å². The summed E-state index contributed by atoms with van der Waals surface area (Å²) in [5.74, 6) is -0.770. The fraction of sp³-hybridized carbons (Fsp3) is 0.345. The highest BCUT2D eigenvalue weighted by Crippen LogP contribution is 2.40. The van der Waals surface area contributed by atoms with Crippen molar-refractivity contribution in [1.29, 1.82) is 0 Å². The zero-order valence-electron chi connectivity index (χ0n) is 23.4. The topological polar surface area (TPSA) is 118 Å². The third-order valence-electron chi connectivity index (χ3n) is 7.01. The van der Waals surface area contributed by atoms with Crippen LogP contribution < -0.4 is 20.1 Å². The van der Waals surface area contributed by atoms with Gasteiger partial charge in [0.05, 0.1) is 29.1 Å². The number of pyridine rings is 1. The van der Waals surface area contributed by atoms with Gasteiger partial charge in [0.2, 0.25) is 21.9 Å². The van der Waals surface area contributed by atoms with Crippen molar-refractivity contribution in [3.8, 4) is 22.9 Å². The third-order valence-corrected chi connectivity index (χ3v) is 8.27. The molecule has 1 saturated heterocycles. The molecule has 5 rings (SSSR count). The number of alkyl halides is 3. The minimum Gasteiger partial charge on any atom is -0.437 e. The number of sulfonamides is 1. The summed E-state index contributed by atoms with van der Waals surface area (Å²) in [6.07, 6.45) is -2.11. The van der Waals surface area contributed by atoms with Crippen molar-refractivity contribution >= 4 is 32.4 Å². The molecule has 0 amide bonds. The third kappa shape index (κ3) is 7.49. The van der Waals surface area contributed by atoms with Crippen LogP contribution in [-0.4, -0.2) is 54.4 Å². The minimum absolute atomic E-state index is 0.109. The maximum absolute atomic E-state index is 14.9. The van der Waals surface area contributed by atoms with Gasteiger partial charge in [0, 0.05) is 35.8 Å². The molecular formula is C29H30F4N6O3S. The molecule has 43 heavy (non-hydrogen) atoms. The maximum Gasteiger partial charge on any atom is 0.390 e. The molecule has 0 aliphatic carbocycles. The number of aromatic nitrogens is 3. The fourth-order valence-electron chi connectivity index (χ4n) is 4.95. The van der Waals surface area contributed by atoms with E-state index in [0.717, 1.165) is 25.6 Å². The van der Waals surface area contributed by atoms with Gasteiger partial charge in [-0.15, -0.1) is 0 Å². The molecular weight excluding hydrogens is 588 g/mol. The van der Waals surface area contributed by atoms with Crippen LogP contribution in [0.3, 0.4) is 0 Å². The highest BCUT2D eigenvalue weighted by molar-refractivity contribution is 7.92. The molecule has 1 aliphatic heterocycles. The van der Waals surface area contributed by atoms with Crippen molar-refractivity contribution in [2.45, 2.75) is 38.9 Å². The number of piperidine rings is 1. The first-order chi connectivity index (χ1) is 20.4. The predicted octanol–water partition coefficient (Wildman–Crippen LogP) is 6.04. The lowest BCUT2D eigenvalue weighted by Crippen LogP contribution is -2.42. The summed E-state index contributed by atoms with van der Waals surface area (Å²) in [6.45, 7) is 5.68. The van der Waals surface area contributed by atoms with Gasteiger partial charge in [-0.2, -0.15) is 13.2 Å². The predicted molar refractivity (Wildman–Crippen MR) is 156 cm³/mol. The first-order valence-corrected chi connectivity index (χ1v) is 15.3. The number of halogens is 4. The van der Waals surface area contributed by atoms with E-state index < -0.39 is 39.9 Å². The molecule has 0 radical (unpaired) electrons. The van der Waals surface area contributed by atoms with Gasteiger partial charge in [0.1, 0.15) is 11.6 Å². The summed E-state index contributed by atoms with van der Waals surface area (Å²) in [4.78, 5) is 13.4. The standard InChI is InChI=1S/C29H30F4N6O3S/c1-17-14-19(16-34-15-17)37-28-36-12-9-24(38-28)22-4-3-11-35-27(22)42-26-18(2)5-6-20-21(26)7-8-23(30)25(20)39-43(40,41)13-10-29(31,32)33/h3-9,11-12,17,19,34,39H,10,13-16H2,1-2H3,(H,36,37,38)/t17-,19+/m1/s1. The summed E-state index contributed by atoms with van der Waals surface area (Å²) in [6, 6.07) is 10.9. The smallest absolute Gasteiger partial charge is 0.390 e. The second-order valence-corrected chi connectivity index (χ2v) is 12.4. The van der Waals surface area contributed by atoms with Crippen molar-refractivity contribution < 1.29 is 30.7 Å². The van der Waals surface area contributed by atoms with Crippen LogP contribution >= 0.6 is 0 Å². The Morgan fingerprint density at radius 2 is 1.84 bits per heavy atom. The van der Waals surface area contributed by atoms with Gasteiger partial charge in [0.15, 0.2) is 0 Å². The first kappa shape index (κ1) is 30.4. The Labute approximate surface area is 246 Å². The molecule has 1 aliphatic rings. The van der Waals surface area contributed by atoms with Gasteiger partial charge >= 0.3 is 6.18 Å². The van der Waals surface area contributed by atoms with Crippen molar-refractivity contribution in [2.75, 3.05) is 28.9 Å². The second-order valence-electron chi connectivity index (χ2n) is 10.6. The molecule has 2 aromatic carbocycles. The average Bonchev–Trinajstić information content (AvgIpc) is 2.95. The quantitative estimate of drug-likeness (QED) is 0.195. The zero-order chi connectivity index (χ0) is 30.8. The van der Waals surface area contributed by atoms with Gasteiger partial charge in [-0.3, -0.25) is 4.72 Å². The van der Waals surface area contributed by atoms with E-state index in [9.17, 15) is 26.0 Å². The molecule has 4 aromatic rings. The molecule has 9 nitrogen and oxygen atoms in total. The lowest BCUT2D eigenvalue weighted by Gasteiger charge is -2.28. The summed E-state index contributed by atoms with van der Waals surface area (Å²) in [7, 11) is -4.51. The van der Waals surface area contributed by atoms with Crippen LogP contribution in [0.5, 0.6) is 11.6 Å². The van der Waals surface area contributed by atoms with Gasteiger partial charge in [-0.25, -0.2) is 27.8 Å². The van der Waals surface area contributed by atoms with E-state index in [1.54, 1.807) is 37.4 Å². The van der Waals surface area contributed by atoms with Gasteiger partial charge in [0.25, 0.3) is 0 Å². The number of ether oxygens (including phenoxy) is 1. The maximum atomic E-state index is 14.9.